The van der Waals surface area contributed by atoms with Gasteiger partial charge < -0.3 is 19.5 Å². The van der Waals surface area contributed by atoms with Crippen molar-refractivity contribution in [3.8, 4) is 11.5 Å². The van der Waals surface area contributed by atoms with Gasteiger partial charge in [0.25, 0.3) is 0 Å². The lowest BCUT2D eigenvalue weighted by Gasteiger charge is -2.26. The summed E-state index contributed by atoms with van der Waals surface area (Å²) in [4.78, 5) is 0. The Morgan fingerprint density at radius 1 is 1.35 bits per heavy atom. The number of hydrogen-bond acceptors (Lipinski definition) is 4. The monoisotopic (exact) mass is 313 g/mol. The molecule has 0 unspecified atom stereocenters. The van der Waals surface area contributed by atoms with Gasteiger partial charge >= 0.3 is 6.36 Å². The molecule has 1 aromatic rings. The number of rotatable bonds is 3. The highest BCUT2D eigenvalue weighted by Gasteiger charge is 2.31. The summed E-state index contributed by atoms with van der Waals surface area (Å²) >= 11 is 0. The third-order valence-corrected chi connectivity index (χ3v) is 2.73. The molecular formula is C12H15ClF3NO3. The number of methoxy groups -OCH3 is 1. The van der Waals surface area contributed by atoms with Crippen LogP contribution in [0.5, 0.6) is 11.5 Å². The molecule has 114 valence electrons. The number of morpholine rings is 1. The molecule has 0 aliphatic carbocycles. The van der Waals surface area contributed by atoms with E-state index in [2.05, 4.69) is 10.1 Å². The standard InChI is InChI=1S/C12H14F3NO3.ClH/c1-17-11-3-2-8(19-12(13,14)15)6-9(11)10-7-18-5-4-16-10;/h2-3,6,10,16H,4-5,7H2,1H3;1H/t10-;/m1./s1. The molecule has 1 aliphatic heterocycles. The molecule has 1 aromatic carbocycles. The van der Waals surface area contributed by atoms with Crippen LogP contribution in [-0.2, 0) is 4.74 Å². The van der Waals surface area contributed by atoms with Crippen LogP contribution in [0.1, 0.15) is 11.6 Å². The van der Waals surface area contributed by atoms with Gasteiger partial charge in [0.1, 0.15) is 11.5 Å². The summed E-state index contributed by atoms with van der Waals surface area (Å²) in [6.45, 7) is 1.60. The molecule has 1 aliphatic rings. The minimum Gasteiger partial charge on any atom is -0.496 e. The summed E-state index contributed by atoms with van der Waals surface area (Å²) in [5.41, 5.74) is 0.587. The second kappa shape index (κ2) is 7.01. The normalized spacial score (nSPS) is 19.1. The first kappa shape index (κ1) is 16.9. The number of alkyl halides is 3. The van der Waals surface area contributed by atoms with Gasteiger partial charge in [0, 0.05) is 12.1 Å². The number of hydrogen-bond donors (Lipinski definition) is 1. The zero-order valence-electron chi connectivity index (χ0n) is 10.7. The summed E-state index contributed by atoms with van der Waals surface area (Å²) in [6.07, 6.45) is -4.71. The Morgan fingerprint density at radius 2 is 2.10 bits per heavy atom. The Labute approximate surface area is 120 Å². The van der Waals surface area contributed by atoms with Crippen LogP contribution in [0.3, 0.4) is 0 Å². The van der Waals surface area contributed by atoms with Gasteiger partial charge in [-0.2, -0.15) is 0 Å². The average Bonchev–Trinajstić information content (AvgIpc) is 2.38. The van der Waals surface area contributed by atoms with Crippen molar-refractivity contribution in [3.05, 3.63) is 23.8 Å². The maximum Gasteiger partial charge on any atom is 0.573 e. The lowest BCUT2D eigenvalue weighted by Crippen LogP contribution is -2.34. The Morgan fingerprint density at radius 3 is 2.65 bits per heavy atom. The lowest BCUT2D eigenvalue weighted by atomic mass is 10.1. The van der Waals surface area contributed by atoms with Crippen LogP contribution in [0.4, 0.5) is 13.2 Å². The molecule has 1 N–H and O–H groups in total. The maximum absolute atomic E-state index is 12.2. The van der Waals surface area contributed by atoms with Gasteiger partial charge in [-0.3, -0.25) is 0 Å². The van der Waals surface area contributed by atoms with E-state index >= 15 is 0 Å². The molecule has 0 saturated carbocycles. The number of halogens is 4. The van der Waals surface area contributed by atoms with E-state index in [0.29, 0.717) is 31.1 Å². The molecule has 0 bridgehead atoms. The SMILES string of the molecule is COc1ccc(OC(F)(F)F)cc1[C@H]1COCCN1.Cl. The molecule has 0 aromatic heterocycles. The molecule has 20 heavy (non-hydrogen) atoms. The highest BCUT2D eigenvalue weighted by atomic mass is 35.5. The summed E-state index contributed by atoms with van der Waals surface area (Å²) in [5, 5.41) is 3.16. The highest BCUT2D eigenvalue weighted by molar-refractivity contribution is 5.85. The fraction of sp³-hybridized carbons (Fsp3) is 0.500. The predicted octanol–water partition coefficient (Wildman–Crippen LogP) is 2.68. The number of nitrogens with one attached hydrogen (secondary N) is 1. The summed E-state index contributed by atoms with van der Waals surface area (Å²) < 4.78 is 51.0. The second-order valence-corrected chi connectivity index (χ2v) is 4.03. The van der Waals surface area contributed by atoms with Gasteiger partial charge in [-0.05, 0) is 18.2 Å². The first-order chi connectivity index (χ1) is 8.99. The first-order valence-corrected chi connectivity index (χ1v) is 5.74. The smallest absolute Gasteiger partial charge is 0.496 e. The minimum absolute atomic E-state index is 0. The van der Waals surface area contributed by atoms with Gasteiger partial charge in [-0.25, -0.2) is 0 Å². The minimum atomic E-state index is -4.71. The van der Waals surface area contributed by atoms with Gasteiger partial charge in [0.05, 0.1) is 26.4 Å². The predicted molar refractivity (Wildman–Crippen MR) is 68.5 cm³/mol. The third kappa shape index (κ3) is 4.43. The number of benzene rings is 1. The summed E-state index contributed by atoms with van der Waals surface area (Å²) in [7, 11) is 1.47. The van der Waals surface area contributed by atoms with E-state index in [4.69, 9.17) is 9.47 Å². The fourth-order valence-electron chi connectivity index (χ4n) is 1.95. The van der Waals surface area contributed by atoms with Crippen LogP contribution in [0.2, 0.25) is 0 Å². The van der Waals surface area contributed by atoms with E-state index in [0.717, 1.165) is 0 Å². The second-order valence-electron chi connectivity index (χ2n) is 4.03. The first-order valence-electron chi connectivity index (χ1n) is 5.74. The Balaban J connectivity index is 0.00000200. The van der Waals surface area contributed by atoms with Crippen LogP contribution < -0.4 is 14.8 Å². The van der Waals surface area contributed by atoms with Crippen molar-refractivity contribution in [2.75, 3.05) is 26.9 Å². The molecule has 1 heterocycles. The molecule has 1 atom stereocenters. The van der Waals surface area contributed by atoms with Gasteiger partial charge in [0.15, 0.2) is 0 Å². The summed E-state index contributed by atoms with van der Waals surface area (Å²) in [6, 6.07) is 3.78. The quantitative estimate of drug-likeness (QED) is 0.931. The van der Waals surface area contributed by atoms with E-state index in [1.165, 1.54) is 25.3 Å². The molecule has 0 amide bonds. The molecule has 1 fully saturated rings. The van der Waals surface area contributed by atoms with Gasteiger partial charge in [0.2, 0.25) is 0 Å². The Kier molecular flexibility index (Phi) is 5.91. The highest BCUT2D eigenvalue weighted by Crippen LogP contribution is 2.32. The molecule has 1 saturated heterocycles. The average molecular weight is 314 g/mol. The Hall–Kier alpha value is -1.18. The van der Waals surface area contributed by atoms with E-state index in [1.54, 1.807) is 0 Å². The topological polar surface area (TPSA) is 39.7 Å². The van der Waals surface area contributed by atoms with E-state index in [9.17, 15) is 13.2 Å². The van der Waals surface area contributed by atoms with Crippen LogP contribution in [0, 0.1) is 0 Å². The molecule has 2 rings (SSSR count). The summed E-state index contributed by atoms with van der Waals surface area (Å²) in [5.74, 6) is 0.230. The van der Waals surface area contributed by atoms with E-state index in [-0.39, 0.29) is 24.2 Å². The van der Waals surface area contributed by atoms with Crippen LogP contribution in [-0.4, -0.2) is 33.2 Å². The van der Waals surface area contributed by atoms with Crippen molar-refractivity contribution in [1.29, 1.82) is 0 Å². The van der Waals surface area contributed by atoms with Crippen LogP contribution >= 0.6 is 12.4 Å². The van der Waals surface area contributed by atoms with E-state index < -0.39 is 6.36 Å². The third-order valence-electron chi connectivity index (χ3n) is 2.73. The molecule has 8 heteroatoms. The van der Waals surface area contributed by atoms with Crippen molar-refractivity contribution in [1.82, 2.24) is 5.32 Å². The van der Waals surface area contributed by atoms with Crippen molar-refractivity contribution in [2.24, 2.45) is 0 Å². The van der Waals surface area contributed by atoms with Crippen molar-refractivity contribution < 1.29 is 27.4 Å². The van der Waals surface area contributed by atoms with Crippen molar-refractivity contribution in [3.63, 3.8) is 0 Å². The molecule has 0 radical (unpaired) electrons. The maximum atomic E-state index is 12.2. The van der Waals surface area contributed by atoms with Gasteiger partial charge in [-0.1, -0.05) is 0 Å². The fourth-order valence-corrected chi connectivity index (χ4v) is 1.95. The Bertz CT molecular complexity index is 436. The molecule has 4 nitrogen and oxygen atoms in total. The van der Waals surface area contributed by atoms with Crippen molar-refractivity contribution >= 4 is 12.4 Å². The zero-order chi connectivity index (χ0) is 13.9. The molecular weight excluding hydrogens is 299 g/mol. The number of ether oxygens (including phenoxy) is 3. The lowest BCUT2D eigenvalue weighted by molar-refractivity contribution is -0.274. The molecule has 0 spiro atoms. The van der Waals surface area contributed by atoms with Crippen LogP contribution in [0.15, 0.2) is 18.2 Å². The van der Waals surface area contributed by atoms with Gasteiger partial charge in [-0.15, -0.1) is 25.6 Å². The van der Waals surface area contributed by atoms with Crippen LogP contribution in [0.25, 0.3) is 0 Å². The van der Waals surface area contributed by atoms with Crippen molar-refractivity contribution in [2.45, 2.75) is 12.4 Å². The van der Waals surface area contributed by atoms with E-state index in [1.807, 2.05) is 0 Å². The largest absolute Gasteiger partial charge is 0.573 e. The zero-order valence-corrected chi connectivity index (χ0v) is 11.5.